The predicted molar refractivity (Wildman–Crippen MR) is 80.7 cm³/mol. The highest BCUT2D eigenvalue weighted by molar-refractivity contribution is 9.10. The van der Waals surface area contributed by atoms with E-state index in [9.17, 15) is 9.59 Å². The third-order valence-corrected chi connectivity index (χ3v) is 4.01. The molecule has 0 saturated carbocycles. The van der Waals surface area contributed by atoms with Gasteiger partial charge in [-0.25, -0.2) is 0 Å². The first-order valence-corrected chi connectivity index (χ1v) is 7.55. The summed E-state index contributed by atoms with van der Waals surface area (Å²) < 4.78 is 6.31. The number of carbonyl (C=O) groups excluding carboxylic acids is 2. The summed E-state index contributed by atoms with van der Waals surface area (Å²) in [6.45, 7) is 0.459. The molecule has 2 amide bonds. The average Bonchev–Trinajstić information content (AvgIpc) is 3.16. The van der Waals surface area contributed by atoms with E-state index in [4.69, 9.17) is 10.2 Å². The molecule has 0 aliphatic carbocycles. The van der Waals surface area contributed by atoms with Gasteiger partial charge in [0.05, 0.1) is 0 Å². The maximum Gasteiger partial charge on any atom is 0.312 e. The molecular weight excluding hydrogens is 352 g/mol. The van der Waals surface area contributed by atoms with Crippen molar-refractivity contribution in [2.75, 3.05) is 6.54 Å². The van der Waals surface area contributed by atoms with Gasteiger partial charge in [0.15, 0.2) is 0 Å². The van der Waals surface area contributed by atoms with Crippen LogP contribution in [0.15, 0.2) is 33.2 Å². The fourth-order valence-electron chi connectivity index (χ4n) is 2.48. The van der Waals surface area contributed by atoms with Crippen LogP contribution in [0.3, 0.4) is 0 Å². The van der Waals surface area contributed by atoms with E-state index in [-0.39, 0.29) is 11.8 Å². The molecule has 1 saturated heterocycles. The number of halogens is 1. The second kappa shape index (κ2) is 5.88. The third kappa shape index (κ3) is 2.74. The maximum atomic E-state index is 12.4. The second-order valence-corrected chi connectivity index (χ2v) is 5.90. The fraction of sp³-hybridized carbons (Fsp3) is 0.286. The zero-order chi connectivity index (χ0) is 15.7. The molecule has 7 nitrogen and oxygen atoms in total. The number of primary amides is 1. The van der Waals surface area contributed by atoms with Gasteiger partial charge in [0.1, 0.15) is 6.04 Å². The van der Waals surface area contributed by atoms with Crippen molar-refractivity contribution < 1.29 is 14.0 Å². The molecule has 1 aromatic carbocycles. The molecule has 114 valence electrons. The van der Waals surface area contributed by atoms with Crippen molar-refractivity contribution in [1.82, 2.24) is 15.1 Å². The van der Waals surface area contributed by atoms with Crippen LogP contribution in [0.1, 0.15) is 23.5 Å². The Morgan fingerprint density at radius 2 is 2.18 bits per heavy atom. The third-order valence-electron chi connectivity index (χ3n) is 3.52. The van der Waals surface area contributed by atoms with Gasteiger partial charge >= 0.3 is 11.8 Å². The molecule has 0 bridgehead atoms. The molecule has 2 aromatic rings. The largest absolute Gasteiger partial charge is 0.412 e. The van der Waals surface area contributed by atoms with Crippen LogP contribution in [0, 0.1) is 0 Å². The van der Waals surface area contributed by atoms with Crippen LogP contribution in [-0.4, -0.2) is 39.5 Å². The number of nitrogens with two attached hydrogens (primary N) is 1. The van der Waals surface area contributed by atoms with Crippen LogP contribution in [0.25, 0.3) is 11.5 Å². The molecule has 8 heteroatoms. The van der Waals surface area contributed by atoms with Gasteiger partial charge in [-0.3, -0.25) is 9.59 Å². The SMILES string of the molecule is NC(=O)[C@@H]1CCCN1C(=O)c1nnc(-c2cccc(Br)c2)o1. The Kier molecular flexibility index (Phi) is 3.93. The maximum absolute atomic E-state index is 12.4. The highest BCUT2D eigenvalue weighted by Gasteiger charge is 2.35. The highest BCUT2D eigenvalue weighted by Crippen LogP contribution is 2.24. The minimum absolute atomic E-state index is 0.136. The van der Waals surface area contributed by atoms with Gasteiger partial charge in [-0.1, -0.05) is 22.0 Å². The summed E-state index contributed by atoms with van der Waals surface area (Å²) in [4.78, 5) is 25.1. The Hall–Kier alpha value is -2.22. The lowest BCUT2D eigenvalue weighted by atomic mass is 10.2. The van der Waals surface area contributed by atoms with E-state index in [2.05, 4.69) is 26.1 Å². The number of rotatable bonds is 3. The van der Waals surface area contributed by atoms with Crippen LogP contribution in [0.2, 0.25) is 0 Å². The number of amides is 2. The van der Waals surface area contributed by atoms with Crippen LogP contribution in [0.4, 0.5) is 0 Å². The van der Waals surface area contributed by atoms with Gasteiger partial charge in [0, 0.05) is 16.6 Å². The summed E-state index contributed by atoms with van der Waals surface area (Å²) in [5.74, 6) is -0.866. The van der Waals surface area contributed by atoms with E-state index in [0.29, 0.717) is 18.5 Å². The van der Waals surface area contributed by atoms with E-state index in [1.54, 1.807) is 6.07 Å². The van der Waals surface area contributed by atoms with Gasteiger partial charge in [0.25, 0.3) is 0 Å². The molecule has 2 N–H and O–H groups in total. The van der Waals surface area contributed by atoms with Crippen molar-refractivity contribution in [2.45, 2.75) is 18.9 Å². The molecule has 0 spiro atoms. The van der Waals surface area contributed by atoms with Gasteiger partial charge in [0.2, 0.25) is 11.8 Å². The zero-order valence-electron chi connectivity index (χ0n) is 11.5. The topological polar surface area (TPSA) is 102 Å². The number of likely N-dealkylation sites (tertiary alicyclic amines) is 1. The Balaban J connectivity index is 1.84. The summed E-state index contributed by atoms with van der Waals surface area (Å²) in [6.07, 6.45) is 1.29. The second-order valence-electron chi connectivity index (χ2n) is 4.98. The summed E-state index contributed by atoms with van der Waals surface area (Å²) in [7, 11) is 0. The number of carbonyl (C=O) groups is 2. The Bertz CT molecular complexity index is 730. The lowest BCUT2D eigenvalue weighted by Crippen LogP contribution is -2.43. The lowest BCUT2D eigenvalue weighted by Gasteiger charge is -2.19. The summed E-state index contributed by atoms with van der Waals surface area (Å²) >= 11 is 3.36. The minimum atomic E-state index is -0.603. The van der Waals surface area contributed by atoms with Gasteiger partial charge in [-0.2, -0.15) is 0 Å². The number of nitrogens with zero attached hydrogens (tertiary/aromatic N) is 3. The van der Waals surface area contributed by atoms with Crippen molar-refractivity contribution in [3.05, 3.63) is 34.6 Å². The monoisotopic (exact) mass is 364 g/mol. The molecule has 1 aliphatic rings. The first-order chi connectivity index (χ1) is 10.6. The van der Waals surface area contributed by atoms with E-state index in [1.165, 1.54) is 4.90 Å². The van der Waals surface area contributed by atoms with E-state index >= 15 is 0 Å². The van der Waals surface area contributed by atoms with Crippen molar-refractivity contribution in [2.24, 2.45) is 5.73 Å². The van der Waals surface area contributed by atoms with Crippen molar-refractivity contribution in [1.29, 1.82) is 0 Å². The Morgan fingerprint density at radius 1 is 1.36 bits per heavy atom. The first-order valence-electron chi connectivity index (χ1n) is 6.76. The van der Waals surface area contributed by atoms with Crippen molar-refractivity contribution >= 4 is 27.7 Å². The van der Waals surface area contributed by atoms with Crippen LogP contribution >= 0.6 is 15.9 Å². The number of aromatic nitrogens is 2. The molecule has 1 aliphatic heterocycles. The molecule has 2 heterocycles. The van der Waals surface area contributed by atoms with E-state index in [1.807, 2.05) is 18.2 Å². The average molecular weight is 365 g/mol. The molecule has 22 heavy (non-hydrogen) atoms. The summed E-state index contributed by atoms with van der Waals surface area (Å²) in [5, 5.41) is 7.67. The molecule has 3 rings (SSSR count). The molecule has 0 radical (unpaired) electrons. The number of hydrogen-bond donors (Lipinski definition) is 1. The van der Waals surface area contributed by atoms with Crippen LogP contribution in [0.5, 0.6) is 0 Å². The van der Waals surface area contributed by atoms with Crippen molar-refractivity contribution in [3.8, 4) is 11.5 Å². The fourth-order valence-corrected chi connectivity index (χ4v) is 2.88. The van der Waals surface area contributed by atoms with Gasteiger partial charge in [-0.05, 0) is 31.0 Å². The van der Waals surface area contributed by atoms with Crippen LogP contribution < -0.4 is 5.73 Å². The predicted octanol–water partition coefficient (Wildman–Crippen LogP) is 1.59. The number of benzene rings is 1. The first kappa shape index (κ1) is 14.7. The molecule has 1 aromatic heterocycles. The standard InChI is InChI=1S/C14H13BrN4O3/c15-9-4-1-3-8(7-9)12-17-18-13(22-12)14(21)19-6-2-5-10(19)11(16)20/h1,3-4,7,10H,2,5-6H2,(H2,16,20)/t10-/m0/s1. The number of hydrogen-bond acceptors (Lipinski definition) is 5. The Morgan fingerprint density at radius 3 is 2.91 bits per heavy atom. The normalized spacial score (nSPS) is 17.7. The molecule has 1 fully saturated rings. The summed E-state index contributed by atoms with van der Waals surface area (Å²) in [5.41, 5.74) is 6.01. The minimum Gasteiger partial charge on any atom is -0.412 e. The van der Waals surface area contributed by atoms with Crippen molar-refractivity contribution in [3.63, 3.8) is 0 Å². The smallest absolute Gasteiger partial charge is 0.312 e. The van der Waals surface area contributed by atoms with Gasteiger partial charge < -0.3 is 15.1 Å². The molecule has 0 unspecified atom stereocenters. The van der Waals surface area contributed by atoms with Crippen LogP contribution in [-0.2, 0) is 4.79 Å². The Labute approximate surface area is 134 Å². The molecular formula is C14H13BrN4O3. The van der Waals surface area contributed by atoms with E-state index in [0.717, 1.165) is 10.9 Å². The quantitative estimate of drug-likeness (QED) is 0.890. The highest BCUT2D eigenvalue weighted by atomic mass is 79.9. The molecule has 1 atom stereocenters. The zero-order valence-corrected chi connectivity index (χ0v) is 13.1. The summed E-state index contributed by atoms with van der Waals surface area (Å²) in [6, 6.07) is 6.70. The lowest BCUT2D eigenvalue weighted by molar-refractivity contribution is -0.121. The van der Waals surface area contributed by atoms with Gasteiger partial charge in [-0.15, -0.1) is 10.2 Å². The van der Waals surface area contributed by atoms with E-state index < -0.39 is 17.9 Å².